The first-order valence-corrected chi connectivity index (χ1v) is 9.20. The van der Waals surface area contributed by atoms with Crippen LogP contribution in [0.15, 0.2) is 48.5 Å². The van der Waals surface area contributed by atoms with Crippen LogP contribution in [-0.2, 0) is 6.42 Å². The van der Waals surface area contributed by atoms with Crippen LogP contribution in [-0.4, -0.2) is 30.1 Å². The molecular formula is C21H25FN2O. The van der Waals surface area contributed by atoms with Gasteiger partial charge in [0, 0.05) is 12.6 Å². The Balaban J connectivity index is 1.64. The minimum Gasteiger partial charge on any atom is -0.484 e. The highest BCUT2D eigenvalue weighted by Crippen LogP contribution is 2.37. The summed E-state index contributed by atoms with van der Waals surface area (Å²) in [5, 5.41) is 0. The summed E-state index contributed by atoms with van der Waals surface area (Å²) in [4.78, 5) is 2.50. The summed E-state index contributed by atoms with van der Waals surface area (Å²) in [6.07, 6.45) is 4.33. The van der Waals surface area contributed by atoms with Crippen molar-refractivity contribution >= 4 is 0 Å². The van der Waals surface area contributed by atoms with E-state index in [4.69, 9.17) is 10.5 Å². The standard InChI is InChI=1S/C21H25FN2O/c22-16-8-10-18(11-9-16)25-21-19-6-2-1-4-15(19)7-12-20(21)24-13-3-5-17(23)14-24/h1-2,4,6,8-11,17,20-21H,3,5,7,12-14,23H2/t17-,20?,21?/m0/s1. The van der Waals surface area contributed by atoms with Gasteiger partial charge in [0.2, 0.25) is 0 Å². The van der Waals surface area contributed by atoms with E-state index in [2.05, 4.69) is 29.2 Å². The van der Waals surface area contributed by atoms with E-state index < -0.39 is 0 Å². The minimum absolute atomic E-state index is 0.0410. The van der Waals surface area contributed by atoms with E-state index in [0.717, 1.165) is 44.5 Å². The van der Waals surface area contributed by atoms with Gasteiger partial charge in [0.05, 0.1) is 6.04 Å². The van der Waals surface area contributed by atoms with Gasteiger partial charge in [-0.1, -0.05) is 24.3 Å². The summed E-state index contributed by atoms with van der Waals surface area (Å²) >= 11 is 0. The highest BCUT2D eigenvalue weighted by atomic mass is 19.1. The molecule has 4 rings (SSSR count). The number of nitrogens with zero attached hydrogens (tertiary/aromatic N) is 1. The summed E-state index contributed by atoms with van der Waals surface area (Å²) in [6, 6.07) is 15.4. The molecule has 2 aromatic rings. The van der Waals surface area contributed by atoms with Crippen LogP contribution in [0.3, 0.4) is 0 Å². The smallest absolute Gasteiger partial charge is 0.139 e. The molecule has 1 saturated heterocycles. The van der Waals surface area contributed by atoms with Crippen molar-refractivity contribution in [3.8, 4) is 5.75 Å². The molecular weight excluding hydrogens is 315 g/mol. The summed E-state index contributed by atoms with van der Waals surface area (Å²) < 4.78 is 19.6. The summed E-state index contributed by atoms with van der Waals surface area (Å²) in [7, 11) is 0. The minimum atomic E-state index is -0.241. The predicted octanol–water partition coefficient (Wildman–Crippen LogP) is 3.68. The van der Waals surface area contributed by atoms with Crippen LogP contribution < -0.4 is 10.5 Å². The molecule has 0 aromatic heterocycles. The molecule has 132 valence electrons. The topological polar surface area (TPSA) is 38.5 Å². The van der Waals surface area contributed by atoms with Crippen LogP contribution in [0, 0.1) is 5.82 Å². The maximum absolute atomic E-state index is 13.2. The van der Waals surface area contributed by atoms with Crippen molar-refractivity contribution < 1.29 is 9.13 Å². The maximum Gasteiger partial charge on any atom is 0.139 e. The van der Waals surface area contributed by atoms with Crippen LogP contribution in [0.2, 0.25) is 0 Å². The number of nitrogens with two attached hydrogens (primary N) is 1. The van der Waals surface area contributed by atoms with Crippen molar-refractivity contribution in [2.75, 3.05) is 13.1 Å². The Hall–Kier alpha value is -1.91. The lowest BCUT2D eigenvalue weighted by Gasteiger charge is -2.43. The van der Waals surface area contributed by atoms with Gasteiger partial charge < -0.3 is 10.5 Å². The van der Waals surface area contributed by atoms with Gasteiger partial charge in [-0.05, 0) is 67.6 Å². The van der Waals surface area contributed by atoms with Crippen molar-refractivity contribution in [3.63, 3.8) is 0 Å². The van der Waals surface area contributed by atoms with Crippen molar-refractivity contribution in [2.24, 2.45) is 5.73 Å². The molecule has 2 unspecified atom stereocenters. The summed E-state index contributed by atoms with van der Waals surface area (Å²) in [6.45, 7) is 2.00. The second-order valence-corrected chi connectivity index (χ2v) is 7.19. The highest BCUT2D eigenvalue weighted by Gasteiger charge is 2.36. The van der Waals surface area contributed by atoms with E-state index in [1.54, 1.807) is 12.1 Å². The molecule has 1 heterocycles. The monoisotopic (exact) mass is 340 g/mol. The first kappa shape index (κ1) is 16.6. The van der Waals surface area contributed by atoms with Gasteiger partial charge in [-0.25, -0.2) is 4.39 Å². The lowest BCUT2D eigenvalue weighted by Crippen LogP contribution is -2.51. The van der Waals surface area contributed by atoms with Crippen LogP contribution >= 0.6 is 0 Å². The zero-order valence-corrected chi connectivity index (χ0v) is 14.4. The van der Waals surface area contributed by atoms with E-state index in [9.17, 15) is 4.39 Å². The van der Waals surface area contributed by atoms with E-state index in [-0.39, 0.29) is 18.0 Å². The Morgan fingerprint density at radius 3 is 2.64 bits per heavy atom. The van der Waals surface area contributed by atoms with Gasteiger partial charge in [0.25, 0.3) is 0 Å². The largest absolute Gasteiger partial charge is 0.484 e. The third-order valence-corrected chi connectivity index (χ3v) is 5.46. The Bertz CT molecular complexity index is 718. The molecule has 4 heteroatoms. The molecule has 2 aliphatic rings. The molecule has 0 radical (unpaired) electrons. The van der Waals surface area contributed by atoms with Crippen LogP contribution in [0.1, 0.15) is 36.5 Å². The number of hydrogen-bond acceptors (Lipinski definition) is 3. The maximum atomic E-state index is 13.2. The van der Waals surface area contributed by atoms with Crippen molar-refractivity contribution in [3.05, 3.63) is 65.5 Å². The van der Waals surface area contributed by atoms with Crippen LogP contribution in [0.5, 0.6) is 5.75 Å². The van der Waals surface area contributed by atoms with Crippen LogP contribution in [0.25, 0.3) is 0 Å². The van der Waals surface area contributed by atoms with E-state index in [0.29, 0.717) is 6.04 Å². The van der Waals surface area contributed by atoms with Gasteiger partial charge in [-0.2, -0.15) is 0 Å². The average molecular weight is 340 g/mol. The molecule has 0 amide bonds. The van der Waals surface area contributed by atoms with Gasteiger partial charge in [-0.3, -0.25) is 4.90 Å². The molecule has 0 saturated carbocycles. The normalized spacial score (nSPS) is 26.9. The third kappa shape index (κ3) is 3.55. The SMILES string of the molecule is N[C@H]1CCCN(C2CCc3ccccc3C2Oc2ccc(F)cc2)C1. The first-order valence-electron chi connectivity index (χ1n) is 9.20. The quantitative estimate of drug-likeness (QED) is 0.926. The number of rotatable bonds is 3. The van der Waals surface area contributed by atoms with E-state index >= 15 is 0 Å². The van der Waals surface area contributed by atoms with Gasteiger partial charge in [-0.15, -0.1) is 0 Å². The number of fused-ring (bicyclic) bond motifs is 1. The lowest BCUT2D eigenvalue weighted by molar-refractivity contribution is 0.0367. The molecule has 0 spiro atoms. The molecule has 3 nitrogen and oxygen atoms in total. The van der Waals surface area contributed by atoms with Crippen molar-refractivity contribution in [1.82, 2.24) is 4.90 Å². The van der Waals surface area contributed by atoms with Gasteiger partial charge in [0.15, 0.2) is 0 Å². The Morgan fingerprint density at radius 1 is 1.04 bits per heavy atom. The molecule has 2 aromatic carbocycles. The van der Waals surface area contributed by atoms with E-state index in [1.165, 1.54) is 23.3 Å². The molecule has 2 N–H and O–H groups in total. The fourth-order valence-corrected chi connectivity index (χ4v) is 4.22. The number of hydrogen-bond donors (Lipinski definition) is 1. The number of halogens is 1. The highest BCUT2D eigenvalue weighted by molar-refractivity contribution is 5.35. The molecule has 0 bridgehead atoms. The third-order valence-electron chi connectivity index (χ3n) is 5.46. The molecule has 1 fully saturated rings. The lowest BCUT2D eigenvalue weighted by atomic mass is 9.84. The second-order valence-electron chi connectivity index (χ2n) is 7.19. The van der Waals surface area contributed by atoms with Crippen molar-refractivity contribution in [2.45, 2.75) is 43.9 Å². The molecule has 3 atom stereocenters. The summed E-state index contributed by atoms with van der Waals surface area (Å²) in [5.74, 6) is 0.476. The Labute approximate surface area is 148 Å². The predicted molar refractivity (Wildman–Crippen MR) is 97.1 cm³/mol. The zero-order chi connectivity index (χ0) is 17.2. The number of ether oxygens (including phenoxy) is 1. The zero-order valence-electron chi connectivity index (χ0n) is 14.4. The first-order chi connectivity index (χ1) is 12.2. The number of likely N-dealkylation sites (tertiary alicyclic amines) is 1. The molecule has 1 aliphatic heterocycles. The summed E-state index contributed by atoms with van der Waals surface area (Å²) in [5.41, 5.74) is 8.82. The number of piperidine rings is 1. The van der Waals surface area contributed by atoms with E-state index in [1.807, 2.05) is 0 Å². The fourth-order valence-electron chi connectivity index (χ4n) is 4.22. The number of aryl methyl sites for hydroxylation is 1. The van der Waals surface area contributed by atoms with Crippen molar-refractivity contribution in [1.29, 1.82) is 0 Å². The number of benzene rings is 2. The molecule has 25 heavy (non-hydrogen) atoms. The average Bonchev–Trinajstić information content (AvgIpc) is 2.64. The Morgan fingerprint density at radius 2 is 1.84 bits per heavy atom. The Kier molecular flexibility index (Phi) is 4.73. The van der Waals surface area contributed by atoms with Gasteiger partial charge >= 0.3 is 0 Å². The van der Waals surface area contributed by atoms with Gasteiger partial charge in [0.1, 0.15) is 17.7 Å². The fraction of sp³-hybridized carbons (Fsp3) is 0.429. The molecule has 1 aliphatic carbocycles. The van der Waals surface area contributed by atoms with Crippen LogP contribution in [0.4, 0.5) is 4.39 Å². The second kappa shape index (κ2) is 7.14.